The molecule has 4 nitrogen and oxygen atoms in total. The van der Waals surface area contributed by atoms with Crippen LogP contribution in [0.5, 0.6) is 5.75 Å². The fourth-order valence-electron chi connectivity index (χ4n) is 3.17. The van der Waals surface area contributed by atoms with Gasteiger partial charge in [0, 0.05) is 10.6 Å². The zero-order chi connectivity index (χ0) is 16.3. The molecule has 0 spiro atoms. The van der Waals surface area contributed by atoms with E-state index >= 15 is 0 Å². The number of halogens is 1. The van der Waals surface area contributed by atoms with Crippen LogP contribution in [0.4, 0.5) is 0 Å². The normalized spacial score (nSPS) is 18.8. The lowest BCUT2D eigenvalue weighted by molar-refractivity contribution is 0.306. The van der Waals surface area contributed by atoms with E-state index < -0.39 is 5.41 Å². The maximum Gasteiger partial charge on any atom is 0.124 e. The van der Waals surface area contributed by atoms with Gasteiger partial charge in [0.05, 0.1) is 12.6 Å². The van der Waals surface area contributed by atoms with Gasteiger partial charge in [-0.3, -0.25) is 0 Å². The van der Waals surface area contributed by atoms with Gasteiger partial charge < -0.3 is 4.74 Å². The highest BCUT2D eigenvalue weighted by molar-refractivity contribution is 6.30. The van der Waals surface area contributed by atoms with Crippen LogP contribution in [0.15, 0.2) is 47.6 Å². The van der Waals surface area contributed by atoms with E-state index in [9.17, 15) is 10.2 Å². The van der Waals surface area contributed by atoms with E-state index in [-0.39, 0.29) is 6.54 Å². The molecule has 1 heterocycles. The first-order valence-corrected chi connectivity index (χ1v) is 7.80. The summed E-state index contributed by atoms with van der Waals surface area (Å²) in [5.74, 6) is 0.695. The van der Waals surface area contributed by atoms with Crippen LogP contribution in [0, 0.1) is 16.2 Å². The number of ether oxygens (including phenoxy) is 1. The standard InChI is InChI=1S/C18H15ClN2O2/c19-14-7-6-13-11-23-17-5-2-1-4-15(17)18(12-20,16(13)10-14)8-3-9-21-22/h1-2,4-7,10H,3,8-9,11H2. The topological polar surface area (TPSA) is 62.5 Å². The molecule has 0 amide bonds. The van der Waals surface area contributed by atoms with Crippen LogP contribution in [-0.4, -0.2) is 6.54 Å². The average Bonchev–Trinajstić information content (AvgIpc) is 2.71. The molecular formula is C18H15ClN2O2. The molecule has 0 aromatic heterocycles. The van der Waals surface area contributed by atoms with Gasteiger partial charge in [-0.1, -0.05) is 41.0 Å². The molecule has 0 N–H and O–H groups in total. The lowest BCUT2D eigenvalue weighted by Crippen LogP contribution is -2.27. The van der Waals surface area contributed by atoms with Crippen LogP contribution < -0.4 is 4.74 Å². The third-order valence-corrected chi connectivity index (χ3v) is 4.49. The van der Waals surface area contributed by atoms with Crippen LogP contribution in [-0.2, 0) is 12.0 Å². The highest BCUT2D eigenvalue weighted by Gasteiger charge is 2.40. The monoisotopic (exact) mass is 326 g/mol. The first-order chi connectivity index (χ1) is 11.2. The number of nitriles is 1. The van der Waals surface area contributed by atoms with Crippen LogP contribution >= 0.6 is 11.6 Å². The van der Waals surface area contributed by atoms with Crippen molar-refractivity contribution in [2.24, 2.45) is 5.18 Å². The Hall–Kier alpha value is -2.38. The van der Waals surface area contributed by atoms with Crippen molar-refractivity contribution in [3.05, 3.63) is 69.1 Å². The number of nitrogens with zero attached hydrogens (tertiary/aromatic N) is 2. The minimum Gasteiger partial charge on any atom is -0.489 e. The van der Waals surface area contributed by atoms with Crippen molar-refractivity contribution in [2.45, 2.75) is 24.9 Å². The molecule has 3 rings (SSSR count). The molecule has 0 saturated carbocycles. The van der Waals surface area contributed by atoms with Crippen molar-refractivity contribution in [3.63, 3.8) is 0 Å². The van der Waals surface area contributed by atoms with Gasteiger partial charge in [-0.15, -0.1) is 0 Å². The maximum atomic E-state index is 10.5. The van der Waals surface area contributed by atoms with Gasteiger partial charge in [0.15, 0.2) is 0 Å². The molecule has 0 bridgehead atoms. The SMILES string of the molecule is N#CC1(CCCN=O)c2cc(Cl)ccc2COc2ccccc21. The summed E-state index contributed by atoms with van der Waals surface area (Å²) in [4.78, 5) is 10.5. The fraction of sp³-hybridized carbons (Fsp3) is 0.278. The molecule has 0 saturated heterocycles. The van der Waals surface area contributed by atoms with Crippen molar-refractivity contribution in [1.82, 2.24) is 0 Å². The van der Waals surface area contributed by atoms with Gasteiger partial charge in [0.1, 0.15) is 17.8 Å². The minimum atomic E-state index is -0.891. The van der Waals surface area contributed by atoms with E-state index in [2.05, 4.69) is 11.2 Å². The number of para-hydroxylation sites is 1. The average molecular weight is 327 g/mol. The van der Waals surface area contributed by atoms with E-state index in [1.807, 2.05) is 36.4 Å². The lowest BCUT2D eigenvalue weighted by Gasteiger charge is -2.28. The van der Waals surface area contributed by atoms with Crippen molar-refractivity contribution in [2.75, 3.05) is 6.54 Å². The van der Waals surface area contributed by atoms with Crippen LogP contribution in [0.3, 0.4) is 0 Å². The van der Waals surface area contributed by atoms with E-state index in [1.54, 1.807) is 6.07 Å². The second-order valence-corrected chi connectivity index (χ2v) is 6.00. The third-order valence-electron chi connectivity index (χ3n) is 4.25. The molecule has 1 atom stereocenters. The number of fused-ring (bicyclic) bond motifs is 2. The van der Waals surface area contributed by atoms with E-state index in [4.69, 9.17) is 16.3 Å². The largest absolute Gasteiger partial charge is 0.489 e. The summed E-state index contributed by atoms with van der Waals surface area (Å²) >= 11 is 6.18. The maximum absolute atomic E-state index is 10.5. The van der Waals surface area contributed by atoms with Crippen LogP contribution in [0.1, 0.15) is 29.5 Å². The zero-order valence-corrected chi connectivity index (χ0v) is 13.2. The Balaban J connectivity index is 2.23. The molecule has 0 radical (unpaired) electrons. The van der Waals surface area contributed by atoms with Crippen LogP contribution in [0.25, 0.3) is 0 Å². The minimum absolute atomic E-state index is 0.183. The summed E-state index contributed by atoms with van der Waals surface area (Å²) in [7, 11) is 0. The smallest absolute Gasteiger partial charge is 0.124 e. The predicted octanol–water partition coefficient (Wildman–Crippen LogP) is 4.59. The Morgan fingerprint density at radius 1 is 1.26 bits per heavy atom. The number of rotatable bonds is 4. The summed E-state index contributed by atoms with van der Waals surface area (Å²) in [6, 6.07) is 15.6. The number of hydrogen-bond acceptors (Lipinski definition) is 4. The molecule has 1 aliphatic heterocycles. The Bertz CT molecular complexity index is 785. The van der Waals surface area contributed by atoms with Crippen molar-refractivity contribution < 1.29 is 4.74 Å². The summed E-state index contributed by atoms with van der Waals surface area (Å²) in [6.45, 7) is 0.571. The number of nitroso groups, excluding NO2 is 1. The summed E-state index contributed by atoms with van der Waals surface area (Å²) in [5.41, 5.74) is 1.71. The first kappa shape index (κ1) is 15.5. The van der Waals surface area contributed by atoms with Gasteiger partial charge in [-0.25, -0.2) is 0 Å². The molecule has 1 aliphatic rings. The van der Waals surface area contributed by atoms with Crippen LogP contribution in [0.2, 0.25) is 5.02 Å². The second-order valence-electron chi connectivity index (χ2n) is 5.56. The van der Waals surface area contributed by atoms with Gasteiger partial charge in [0.2, 0.25) is 0 Å². The van der Waals surface area contributed by atoms with Gasteiger partial charge >= 0.3 is 0 Å². The fourth-order valence-corrected chi connectivity index (χ4v) is 3.34. The molecule has 116 valence electrons. The van der Waals surface area contributed by atoms with E-state index in [0.717, 1.165) is 16.7 Å². The Kier molecular flexibility index (Phi) is 4.31. The Morgan fingerprint density at radius 3 is 2.87 bits per heavy atom. The molecule has 2 aromatic carbocycles. The van der Waals surface area contributed by atoms with Crippen molar-refractivity contribution in [3.8, 4) is 11.8 Å². The van der Waals surface area contributed by atoms with Gasteiger partial charge in [-0.2, -0.15) is 10.2 Å². The molecule has 0 aliphatic carbocycles. The van der Waals surface area contributed by atoms with E-state index in [1.165, 1.54) is 0 Å². The molecule has 5 heteroatoms. The molecule has 23 heavy (non-hydrogen) atoms. The summed E-state index contributed by atoms with van der Waals surface area (Å²) in [5, 5.41) is 13.6. The second kappa shape index (κ2) is 6.39. The highest BCUT2D eigenvalue weighted by Crippen LogP contribution is 2.45. The summed E-state index contributed by atoms with van der Waals surface area (Å²) in [6.07, 6.45) is 1.01. The van der Waals surface area contributed by atoms with Crippen molar-refractivity contribution >= 4 is 11.6 Å². The number of benzene rings is 2. The lowest BCUT2D eigenvalue weighted by atomic mass is 9.71. The van der Waals surface area contributed by atoms with Crippen molar-refractivity contribution in [1.29, 1.82) is 5.26 Å². The first-order valence-electron chi connectivity index (χ1n) is 7.43. The Morgan fingerprint density at radius 2 is 2.09 bits per heavy atom. The predicted molar refractivity (Wildman–Crippen MR) is 88.5 cm³/mol. The Labute approximate surface area is 139 Å². The molecular weight excluding hydrogens is 312 g/mol. The highest BCUT2D eigenvalue weighted by atomic mass is 35.5. The third kappa shape index (κ3) is 2.69. The zero-order valence-electron chi connectivity index (χ0n) is 12.5. The molecule has 0 fully saturated rings. The van der Waals surface area contributed by atoms with E-state index in [0.29, 0.717) is 30.2 Å². The van der Waals surface area contributed by atoms with Gasteiger partial charge in [-0.05, 0) is 42.2 Å². The van der Waals surface area contributed by atoms with Gasteiger partial charge in [0.25, 0.3) is 0 Å². The molecule has 1 unspecified atom stereocenters. The summed E-state index contributed by atoms with van der Waals surface area (Å²) < 4.78 is 5.90. The number of hydrogen-bond donors (Lipinski definition) is 0. The quantitative estimate of drug-likeness (QED) is 0.609. The molecule has 2 aromatic rings.